The molecule has 134 valence electrons. The van der Waals surface area contributed by atoms with Gasteiger partial charge in [-0.05, 0) is 48.8 Å². The number of anilines is 1. The van der Waals surface area contributed by atoms with Crippen molar-refractivity contribution in [3.8, 4) is 17.2 Å². The van der Waals surface area contributed by atoms with Crippen LogP contribution in [0.4, 0.5) is 5.95 Å². The Balaban J connectivity index is 2.34. The van der Waals surface area contributed by atoms with Crippen molar-refractivity contribution in [2.24, 2.45) is 0 Å². The minimum absolute atomic E-state index is 0.206. The van der Waals surface area contributed by atoms with Crippen LogP contribution in [0.1, 0.15) is 31.1 Å². The third-order valence-corrected chi connectivity index (χ3v) is 3.43. The molecule has 0 aliphatic rings. The molecule has 0 atom stereocenters. The van der Waals surface area contributed by atoms with Gasteiger partial charge in [-0.1, -0.05) is 0 Å². The SMILES string of the molecule is CCOc1cc(C(=O)Nc2ncc(Br)cn2)cc(OCC)c1OCC. The van der Waals surface area contributed by atoms with Gasteiger partial charge in [0.2, 0.25) is 11.7 Å². The third-order valence-electron chi connectivity index (χ3n) is 3.02. The highest BCUT2D eigenvalue weighted by Crippen LogP contribution is 2.39. The van der Waals surface area contributed by atoms with Crippen LogP contribution in [0.15, 0.2) is 29.0 Å². The highest BCUT2D eigenvalue weighted by atomic mass is 79.9. The maximum absolute atomic E-state index is 12.5. The quantitative estimate of drug-likeness (QED) is 0.715. The van der Waals surface area contributed by atoms with E-state index in [1.54, 1.807) is 24.5 Å². The number of rotatable bonds is 8. The first kappa shape index (κ1) is 19.0. The van der Waals surface area contributed by atoms with E-state index < -0.39 is 0 Å². The molecule has 0 saturated heterocycles. The molecule has 0 spiro atoms. The van der Waals surface area contributed by atoms with Crippen molar-refractivity contribution in [2.75, 3.05) is 25.1 Å². The summed E-state index contributed by atoms with van der Waals surface area (Å²) in [6.07, 6.45) is 3.11. The number of nitrogens with one attached hydrogen (secondary N) is 1. The normalized spacial score (nSPS) is 10.2. The summed E-state index contributed by atoms with van der Waals surface area (Å²) >= 11 is 3.25. The monoisotopic (exact) mass is 409 g/mol. The van der Waals surface area contributed by atoms with Crippen molar-refractivity contribution in [2.45, 2.75) is 20.8 Å². The lowest BCUT2D eigenvalue weighted by Crippen LogP contribution is -2.15. The second kappa shape index (κ2) is 9.22. The van der Waals surface area contributed by atoms with Gasteiger partial charge in [-0.15, -0.1) is 0 Å². The molecule has 1 aromatic heterocycles. The van der Waals surface area contributed by atoms with Gasteiger partial charge < -0.3 is 14.2 Å². The van der Waals surface area contributed by atoms with Crippen LogP contribution in [0.2, 0.25) is 0 Å². The molecule has 0 unspecified atom stereocenters. The topological polar surface area (TPSA) is 82.6 Å². The van der Waals surface area contributed by atoms with Gasteiger partial charge in [-0.25, -0.2) is 9.97 Å². The predicted molar refractivity (Wildman–Crippen MR) is 97.6 cm³/mol. The smallest absolute Gasteiger partial charge is 0.258 e. The van der Waals surface area contributed by atoms with Crippen LogP contribution < -0.4 is 19.5 Å². The Kier molecular flexibility index (Phi) is 7.00. The Hall–Kier alpha value is -2.35. The summed E-state index contributed by atoms with van der Waals surface area (Å²) in [5.41, 5.74) is 0.363. The van der Waals surface area contributed by atoms with Gasteiger partial charge in [-0.2, -0.15) is 0 Å². The summed E-state index contributed by atoms with van der Waals surface area (Å²) in [5, 5.41) is 2.64. The molecule has 1 aromatic carbocycles. The van der Waals surface area contributed by atoms with Crippen LogP contribution in [-0.2, 0) is 0 Å². The van der Waals surface area contributed by atoms with Gasteiger partial charge in [0.1, 0.15) is 0 Å². The first-order valence-electron chi connectivity index (χ1n) is 7.94. The largest absolute Gasteiger partial charge is 0.490 e. The summed E-state index contributed by atoms with van der Waals surface area (Å²) in [6, 6.07) is 3.23. The van der Waals surface area contributed by atoms with E-state index in [4.69, 9.17) is 14.2 Å². The average molecular weight is 410 g/mol. The zero-order valence-corrected chi connectivity index (χ0v) is 15.9. The van der Waals surface area contributed by atoms with E-state index >= 15 is 0 Å². The van der Waals surface area contributed by atoms with Crippen molar-refractivity contribution in [1.29, 1.82) is 0 Å². The molecule has 2 rings (SSSR count). The van der Waals surface area contributed by atoms with Crippen molar-refractivity contribution in [3.05, 3.63) is 34.6 Å². The van der Waals surface area contributed by atoms with Gasteiger partial charge >= 0.3 is 0 Å². The van der Waals surface area contributed by atoms with Crippen molar-refractivity contribution < 1.29 is 19.0 Å². The van der Waals surface area contributed by atoms with E-state index in [1.807, 2.05) is 20.8 Å². The zero-order valence-electron chi connectivity index (χ0n) is 14.3. The number of aromatic nitrogens is 2. The maximum atomic E-state index is 12.5. The van der Waals surface area contributed by atoms with E-state index in [0.29, 0.717) is 42.6 Å². The lowest BCUT2D eigenvalue weighted by molar-refractivity contribution is 0.102. The molecular weight excluding hydrogens is 390 g/mol. The second-order valence-electron chi connectivity index (χ2n) is 4.78. The molecule has 8 heteroatoms. The number of ether oxygens (including phenoxy) is 3. The second-order valence-corrected chi connectivity index (χ2v) is 5.70. The fourth-order valence-corrected chi connectivity index (χ4v) is 2.28. The van der Waals surface area contributed by atoms with Crippen molar-refractivity contribution in [3.63, 3.8) is 0 Å². The number of hydrogen-bond donors (Lipinski definition) is 1. The van der Waals surface area contributed by atoms with Gasteiger partial charge in [0, 0.05) is 18.0 Å². The van der Waals surface area contributed by atoms with Gasteiger partial charge in [0.05, 0.1) is 24.3 Å². The molecule has 0 radical (unpaired) electrons. The molecule has 0 fully saturated rings. The lowest BCUT2D eigenvalue weighted by Gasteiger charge is -2.17. The van der Waals surface area contributed by atoms with Crippen LogP contribution >= 0.6 is 15.9 Å². The molecule has 7 nitrogen and oxygen atoms in total. The van der Waals surface area contributed by atoms with E-state index in [9.17, 15) is 4.79 Å². The van der Waals surface area contributed by atoms with Crippen LogP contribution in [-0.4, -0.2) is 35.7 Å². The van der Waals surface area contributed by atoms with E-state index in [2.05, 4.69) is 31.2 Å². The Morgan fingerprint density at radius 1 is 1.00 bits per heavy atom. The zero-order chi connectivity index (χ0) is 18.2. The summed E-state index contributed by atoms with van der Waals surface area (Å²) in [5.74, 6) is 1.24. The van der Waals surface area contributed by atoms with E-state index in [-0.39, 0.29) is 11.9 Å². The molecule has 0 saturated carbocycles. The lowest BCUT2D eigenvalue weighted by atomic mass is 10.1. The molecule has 0 bridgehead atoms. The van der Waals surface area contributed by atoms with Crippen LogP contribution in [0.3, 0.4) is 0 Å². The van der Waals surface area contributed by atoms with Crippen LogP contribution in [0, 0.1) is 0 Å². The Morgan fingerprint density at radius 3 is 2.00 bits per heavy atom. The molecule has 1 amide bonds. The predicted octanol–water partition coefficient (Wildman–Crippen LogP) is 3.69. The molecular formula is C17H20BrN3O4. The Morgan fingerprint density at radius 2 is 1.52 bits per heavy atom. The van der Waals surface area contributed by atoms with E-state index in [0.717, 1.165) is 4.47 Å². The maximum Gasteiger partial charge on any atom is 0.258 e. The fourth-order valence-electron chi connectivity index (χ4n) is 2.07. The number of halogens is 1. The van der Waals surface area contributed by atoms with Crippen molar-refractivity contribution >= 4 is 27.8 Å². The average Bonchev–Trinajstić information content (AvgIpc) is 2.60. The number of amides is 1. The van der Waals surface area contributed by atoms with Gasteiger partial charge in [0.25, 0.3) is 5.91 Å². The van der Waals surface area contributed by atoms with Crippen LogP contribution in [0.5, 0.6) is 17.2 Å². The summed E-state index contributed by atoms with van der Waals surface area (Å²) in [7, 11) is 0. The molecule has 0 aliphatic carbocycles. The van der Waals surface area contributed by atoms with Crippen LogP contribution in [0.25, 0.3) is 0 Å². The van der Waals surface area contributed by atoms with Gasteiger partial charge in [-0.3, -0.25) is 10.1 Å². The molecule has 0 aliphatic heterocycles. The molecule has 1 N–H and O–H groups in total. The summed E-state index contributed by atoms with van der Waals surface area (Å²) < 4.78 is 17.6. The number of nitrogens with zero attached hydrogens (tertiary/aromatic N) is 2. The highest BCUT2D eigenvalue weighted by Gasteiger charge is 2.18. The third kappa shape index (κ3) is 5.06. The highest BCUT2D eigenvalue weighted by molar-refractivity contribution is 9.10. The standard InChI is InChI=1S/C17H20BrN3O4/c1-4-23-13-7-11(8-14(24-5-2)15(13)25-6-3)16(22)21-17-19-9-12(18)10-20-17/h7-10H,4-6H2,1-3H3,(H,19,20,21,22). The number of benzene rings is 1. The summed E-state index contributed by atoms with van der Waals surface area (Å²) in [6.45, 7) is 6.92. The fraction of sp³-hybridized carbons (Fsp3) is 0.353. The number of hydrogen-bond acceptors (Lipinski definition) is 6. The Bertz CT molecular complexity index is 695. The Labute approximate surface area is 154 Å². The number of carbonyl (C=O) groups excluding carboxylic acids is 1. The first-order valence-corrected chi connectivity index (χ1v) is 8.73. The summed E-state index contributed by atoms with van der Waals surface area (Å²) in [4.78, 5) is 20.6. The molecule has 25 heavy (non-hydrogen) atoms. The first-order chi connectivity index (χ1) is 12.1. The minimum Gasteiger partial charge on any atom is -0.490 e. The molecule has 2 aromatic rings. The molecule has 1 heterocycles. The number of carbonyl (C=O) groups is 1. The van der Waals surface area contributed by atoms with E-state index in [1.165, 1.54) is 0 Å². The van der Waals surface area contributed by atoms with Gasteiger partial charge in [0.15, 0.2) is 11.5 Å². The van der Waals surface area contributed by atoms with Crippen molar-refractivity contribution in [1.82, 2.24) is 9.97 Å². The minimum atomic E-state index is -0.368.